The van der Waals surface area contributed by atoms with Gasteiger partial charge in [0.05, 0.1) is 12.7 Å². The smallest absolute Gasteiger partial charge is 0.126 e. The highest BCUT2D eigenvalue weighted by molar-refractivity contribution is 5.85. The lowest BCUT2D eigenvalue weighted by molar-refractivity contribution is 0.0393. The van der Waals surface area contributed by atoms with Crippen molar-refractivity contribution in [3.63, 3.8) is 0 Å². The maximum atomic E-state index is 13.4. The van der Waals surface area contributed by atoms with E-state index in [-0.39, 0.29) is 37.6 Å². The summed E-state index contributed by atoms with van der Waals surface area (Å²) in [7, 11) is 0. The van der Waals surface area contributed by atoms with E-state index in [2.05, 4.69) is 4.90 Å². The molecule has 2 aromatic rings. The summed E-state index contributed by atoms with van der Waals surface area (Å²) in [5.74, 6) is -2.43. The van der Waals surface area contributed by atoms with Gasteiger partial charge < -0.3 is 10.2 Å². The molecule has 2 N–H and O–H groups in total. The topological polar surface area (TPSA) is 43.7 Å². The minimum absolute atomic E-state index is 0. The van der Waals surface area contributed by atoms with Crippen LogP contribution < -0.4 is 0 Å². The van der Waals surface area contributed by atoms with Gasteiger partial charge in [-0.25, -0.2) is 17.6 Å². The quantitative estimate of drug-likeness (QED) is 0.543. The Morgan fingerprint density at radius 1 is 0.774 bits per heavy atom. The van der Waals surface area contributed by atoms with Crippen LogP contribution in [-0.4, -0.2) is 46.5 Å². The van der Waals surface area contributed by atoms with Crippen LogP contribution in [0.25, 0.3) is 0 Å². The second-order valence-electron chi connectivity index (χ2n) is 8.05. The number of benzene rings is 2. The van der Waals surface area contributed by atoms with Gasteiger partial charge in [-0.3, -0.25) is 4.90 Å². The molecule has 1 saturated heterocycles. The Morgan fingerprint density at radius 2 is 1.16 bits per heavy atom. The van der Waals surface area contributed by atoms with Gasteiger partial charge in [0.2, 0.25) is 0 Å². The van der Waals surface area contributed by atoms with Gasteiger partial charge in [-0.2, -0.15) is 0 Å². The van der Waals surface area contributed by atoms with Crippen molar-refractivity contribution in [3.05, 3.63) is 70.8 Å². The molecule has 3 rings (SSSR count). The van der Waals surface area contributed by atoms with Crippen molar-refractivity contribution in [2.75, 3.05) is 13.2 Å². The van der Waals surface area contributed by atoms with Gasteiger partial charge in [-0.05, 0) is 73.9 Å². The summed E-state index contributed by atoms with van der Waals surface area (Å²) in [6.45, 7) is -0.0823. The summed E-state index contributed by atoms with van der Waals surface area (Å²) in [5.41, 5.74) is 1.16. The van der Waals surface area contributed by atoms with Crippen LogP contribution >= 0.6 is 12.4 Å². The molecule has 0 aliphatic carbocycles. The molecule has 8 heteroatoms. The molecule has 2 aromatic carbocycles. The monoisotopic (exact) mass is 461 g/mol. The molecule has 0 radical (unpaired) electrons. The Kier molecular flexibility index (Phi) is 9.75. The van der Waals surface area contributed by atoms with Crippen LogP contribution in [-0.2, 0) is 12.8 Å². The number of aliphatic hydroxyl groups excluding tert-OH is 2. The number of aliphatic hydroxyl groups is 2. The molecule has 1 aliphatic rings. The van der Waals surface area contributed by atoms with E-state index in [9.17, 15) is 27.8 Å². The van der Waals surface area contributed by atoms with Gasteiger partial charge in [0.25, 0.3) is 0 Å². The normalized spacial score (nSPS) is 19.9. The van der Waals surface area contributed by atoms with Crippen LogP contribution in [0.4, 0.5) is 17.6 Å². The minimum Gasteiger partial charge on any atom is -0.394 e. The zero-order valence-electron chi connectivity index (χ0n) is 17.1. The number of aryl methyl sites for hydroxylation is 2. The number of hydrogen-bond acceptors (Lipinski definition) is 3. The van der Waals surface area contributed by atoms with Crippen molar-refractivity contribution in [3.8, 4) is 0 Å². The molecule has 0 spiro atoms. The van der Waals surface area contributed by atoms with Gasteiger partial charge in [-0.1, -0.05) is 0 Å². The summed E-state index contributed by atoms with van der Waals surface area (Å²) in [5, 5.41) is 19.2. The molecule has 3 nitrogen and oxygen atoms in total. The fraction of sp³-hybridized carbons (Fsp3) is 0.478. The average molecular weight is 462 g/mol. The second-order valence-corrected chi connectivity index (χ2v) is 8.05. The molecule has 0 saturated carbocycles. The molecule has 172 valence electrons. The molecular weight excluding hydrogens is 434 g/mol. The third kappa shape index (κ3) is 7.45. The molecule has 0 aromatic heterocycles. The Bertz CT molecular complexity index is 750. The SMILES string of the molecule is Cl.OC[C@H](O)CN1C(CCc2cc(F)cc(F)c2)CCC1CCc1cc(F)cc(F)c1. The fourth-order valence-electron chi connectivity index (χ4n) is 4.41. The summed E-state index contributed by atoms with van der Waals surface area (Å²) >= 11 is 0. The third-order valence-corrected chi connectivity index (χ3v) is 5.78. The first kappa shape index (κ1) is 25.6. The molecule has 0 bridgehead atoms. The van der Waals surface area contributed by atoms with E-state index in [1.807, 2.05) is 0 Å². The molecular formula is C23H28ClF4NO2. The van der Waals surface area contributed by atoms with Gasteiger partial charge in [-0.15, -0.1) is 12.4 Å². The maximum absolute atomic E-state index is 13.4. The van der Waals surface area contributed by atoms with E-state index in [0.717, 1.165) is 25.0 Å². The summed E-state index contributed by atoms with van der Waals surface area (Å²) in [4.78, 5) is 2.12. The zero-order valence-corrected chi connectivity index (χ0v) is 17.9. The van der Waals surface area contributed by atoms with Crippen LogP contribution in [0.3, 0.4) is 0 Å². The number of rotatable bonds is 9. The van der Waals surface area contributed by atoms with Gasteiger partial charge in [0.1, 0.15) is 23.3 Å². The van der Waals surface area contributed by atoms with Crippen LogP contribution in [0.15, 0.2) is 36.4 Å². The lowest BCUT2D eigenvalue weighted by atomic mass is 10.0. The minimum atomic E-state index is -0.897. The Balaban J connectivity index is 0.00000341. The predicted octanol–water partition coefficient (Wildman–Crippen LogP) is 4.42. The molecule has 0 amide bonds. The van der Waals surface area contributed by atoms with Crippen molar-refractivity contribution in [2.24, 2.45) is 0 Å². The highest BCUT2D eigenvalue weighted by Gasteiger charge is 2.33. The lowest BCUT2D eigenvalue weighted by Gasteiger charge is -2.32. The van der Waals surface area contributed by atoms with Crippen LogP contribution in [0, 0.1) is 23.3 Å². The second kappa shape index (κ2) is 11.8. The first-order valence-electron chi connectivity index (χ1n) is 10.3. The molecule has 1 fully saturated rings. The standard InChI is InChI=1S/C23H27F4NO2.ClH/c24-17-7-15(8-18(25)11-17)1-3-21-5-6-22(28(21)13-23(30)14-29)4-2-16-9-19(26)12-20(27)10-16;/h7-12,21-23,29-30H,1-6,13-14H2;1H/t21?,22?,23-;/m1./s1. The molecule has 1 heterocycles. The Morgan fingerprint density at radius 3 is 1.52 bits per heavy atom. The van der Waals surface area contributed by atoms with Crippen molar-refractivity contribution in [2.45, 2.75) is 56.7 Å². The van der Waals surface area contributed by atoms with Crippen LogP contribution in [0.2, 0.25) is 0 Å². The first-order valence-corrected chi connectivity index (χ1v) is 10.3. The number of halogens is 5. The van der Waals surface area contributed by atoms with Gasteiger partial charge >= 0.3 is 0 Å². The van der Waals surface area contributed by atoms with Crippen LogP contribution in [0.1, 0.15) is 36.8 Å². The maximum Gasteiger partial charge on any atom is 0.126 e. The molecule has 31 heavy (non-hydrogen) atoms. The van der Waals surface area contributed by atoms with Gasteiger partial charge in [0.15, 0.2) is 0 Å². The summed E-state index contributed by atoms with van der Waals surface area (Å²) in [6, 6.07) is 7.14. The Hall–Kier alpha value is -1.67. The fourth-order valence-corrected chi connectivity index (χ4v) is 4.41. The largest absolute Gasteiger partial charge is 0.394 e. The van der Waals surface area contributed by atoms with E-state index in [1.165, 1.54) is 24.3 Å². The van der Waals surface area contributed by atoms with E-state index in [0.29, 0.717) is 36.8 Å². The highest BCUT2D eigenvalue weighted by atomic mass is 35.5. The molecule has 2 unspecified atom stereocenters. The zero-order chi connectivity index (χ0) is 21.7. The van der Waals surface area contributed by atoms with Gasteiger partial charge in [0, 0.05) is 30.8 Å². The van der Waals surface area contributed by atoms with E-state index < -0.39 is 29.4 Å². The molecule has 3 atom stereocenters. The highest BCUT2D eigenvalue weighted by Crippen LogP contribution is 2.30. The molecule has 1 aliphatic heterocycles. The number of hydrogen-bond donors (Lipinski definition) is 2. The predicted molar refractivity (Wildman–Crippen MR) is 113 cm³/mol. The van der Waals surface area contributed by atoms with Crippen molar-refractivity contribution in [1.29, 1.82) is 0 Å². The first-order chi connectivity index (χ1) is 14.3. The van der Waals surface area contributed by atoms with E-state index in [1.54, 1.807) is 0 Å². The van der Waals surface area contributed by atoms with Crippen LogP contribution in [0.5, 0.6) is 0 Å². The lowest BCUT2D eigenvalue weighted by Crippen LogP contribution is -2.42. The van der Waals surface area contributed by atoms with E-state index >= 15 is 0 Å². The number of likely N-dealkylation sites (tertiary alicyclic amines) is 1. The van der Waals surface area contributed by atoms with Crippen molar-refractivity contribution >= 4 is 12.4 Å². The van der Waals surface area contributed by atoms with E-state index in [4.69, 9.17) is 0 Å². The third-order valence-electron chi connectivity index (χ3n) is 5.78. The summed E-state index contributed by atoms with van der Waals surface area (Å²) in [6.07, 6.45) is 3.10. The summed E-state index contributed by atoms with van der Waals surface area (Å²) < 4.78 is 53.8. The average Bonchev–Trinajstić information content (AvgIpc) is 3.04. The number of β-amino-alcohol motifs (C(OH)–C–C–N with tert-alkyl or cyclic N) is 1. The van der Waals surface area contributed by atoms with Crippen molar-refractivity contribution in [1.82, 2.24) is 4.90 Å². The van der Waals surface area contributed by atoms with Crippen molar-refractivity contribution < 1.29 is 27.8 Å². The number of nitrogens with zero attached hydrogens (tertiary/aromatic N) is 1. The Labute approximate surface area is 186 Å².